The first kappa shape index (κ1) is 15.0. The van der Waals surface area contributed by atoms with Crippen molar-refractivity contribution in [3.63, 3.8) is 0 Å². The van der Waals surface area contributed by atoms with E-state index in [9.17, 15) is 13.2 Å². The van der Waals surface area contributed by atoms with E-state index in [0.717, 1.165) is 0 Å². The maximum atomic E-state index is 12.0. The summed E-state index contributed by atoms with van der Waals surface area (Å²) in [7, 11) is -3.02. The molecular formula is C12H20N4O3S. The monoisotopic (exact) mass is 300 g/mol. The average molecular weight is 300 g/mol. The van der Waals surface area contributed by atoms with Gasteiger partial charge in [-0.1, -0.05) is 0 Å². The van der Waals surface area contributed by atoms with E-state index in [1.54, 1.807) is 16.9 Å². The highest BCUT2D eigenvalue weighted by Crippen LogP contribution is 2.14. The van der Waals surface area contributed by atoms with Gasteiger partial charge in [-0.05, 0) is 13.8 Å². The quantitative estimate of drug-likeness (QED) is 0.827. The van der Waals surface area contributed by atoms with Crippen LogP contribution >= 0.6 is 0 Å². The van der Waals surface area contributed by atoms with Crippen molar-refractivity contribution in [1.82, 2.24) is 15.1 Å². The third-order valence-electron chi connectivity index (χ3n) is 3.16. The second-order valence-electron chi connectivity index (χ2n) is 5.27. The molecule has 0 spiro atoms. The van der Waals surface area contributed by atoms with E-state index in [0.29, 0.717) is 12.4 Å². The molecule has 1 atom stereocenters. The Labute approximate surface area is 118 Å². The van der Waals surface area contributed by atoms with E-state index in [1.165, 1.54) is 0 Å². The number of hydrogen-bond acceptors (Lipinski definition) is 5. The van der Waals surface area contributed by atoms with Crippen molar-refractivity contribution in [1.29, 1.82) is 0 Å². The Morgan fingerprint density at radius 3 is 3.00 bits per heavy atom. The van der Waals surface area contributed by atoms with Crippen molar-refractivity contribution in [2.75, 3.05) is 23.4 Å². The summed E-state index contributed by atoms with van der Waals surface area (Å²) in [6.45, 7) is 4.35. The van der Waals surface area contributed by atoms with Gasteiger partial charge in [0.05, 0.1) is 17.7 Å². The molecule has 1 aliphatic rings. The fourth-order valence-corrected chi connectivity index (χ4v) is 3.69. The number of rotatable bonds is 4. The van der Waals surface area contributed by atoms with Crippen LogP contribution in [0.25, 0.3) is 0 Å². The molecule has 0 saturated carbocycles. The van der Waals surface area contributed by atoms with Crippen molar-refractivity contribution in [3.05, 3.63) is 12.3 Å². The van der Waals surface area contributed by atoms with Crippen LogP contribution in [-0.4, -0.2) is 48.2 Å². The van der Waals surface area contributed by atoms with Gasteiger partial charge in [0, 0.05) is 31.1 Å². The maximum Gasteiger partial charge on any atom is 0.227 e. The maximum absolute atomic E-state index is 12.0. The Hall–Kier alpha value is -1.41. The number of sulfone groups is 1. The van der Waals surface area contributed by atoms with Gasteiger partial charge >= 0.3 is 0 Å². The van der Waals surface area contributed by atoms with E-state index in [2.05, 4.69) is 15.7 Å². The van der Waals surface area contributed by atoms with E-state index in [4.69, 9.17) is 0 Å². The first-order chi connectivity index (χ1) is 9.37. The highest BCUT2D eigenvalue weighted by molar-refractivity contribution is 7.91. The second-order valence-corrected chi connectivity index (χ2v) is 7.50. The summed E-state index contributed by atoms with van der Waals surface area (Å²) in [4.78, 5) is 12.0. The fourth-order valence-electron chi connectivity index (χ4n) is 2.24. The Kier molecular flexibility index (Phi) is 4.44. The van der Waals surface area contributed by atoms with Crippen LogP contribution in [0.4, 0.5) is 5.82 Å². The summed E-state index contributed by atoms with van der Waals surface area (Å²) in [6.07, 6.45) is 1.77. The van der Waals surface area contributed by atoms with Crippen molar-refractivity contribution < 1.29 is 13.2 Å². The molecule has 112 valence electrons. The molecule has 7 nitrogen and oxygen atoms in total. The minimum absolute atomic E-state index is 0.0177. The number of anilines is 1. The lowest BCUT2D eigenvalue weighted by atomic mass is 10.2. The molecule has 1 aromatic heterocycles. The predicted molar refractivity (Wildman–Crippen MR) is 76.3 cm³/mol. The van der Waals surface area contributed by atoms with Crippen molar-refractivity contribution in [2.45, 2.75) is 32.4 Å². The summed E-state index contributed by atoms with van der Waals surface area (Å²) < 4.78 is 24.7. The van der Waals surface area contributed by atoms with Crippen molar-refractivity contribution >= 4 is 21.6 Å². The Morgan fingerprint density at radius 1 is 1.60 bits per heavy atom. The molecule has 2 rings (SSSR count). The zero-order valence-electron chi connectivity index (χ0n) is 11.7. The number of amides is 1. The van der Waals surface area contributed by atoms with Crippen molar-refractivity contribution in [3.8, 4) is 0 Å². The summed E-state index contributed by atoms with van der Waals surface area (Å²) in [5, 5.41) is 9.96. The number of carbonyl (C=O) groups is 1. The molecule has 2 heterocycles. The van der Waals surface area contributed by atoms with Gasteiger partial charge < -0.3 is 10.6 Å². The Bertz CT molecular complexity index is 579. The minimum atomic E-state index is -3.02. The predicted octanol–water partition coefficient (Wildman–Crippen LogP) is 0.179. The summed E-state index contributed by atoms with van der Waals surface area (Å²) in [5.74, 6) is 0.584. The van der Waals surface area contributed by atoms with Crippen LogP contribution in [0.3, 0.4) is 0 Å². The first-order valence-corrected chi connectivity index (χ1v) is 8.47. The number of hydrogen-bond donors (Lipinski definition) is 2. The van der Waals surface area contributed by atoms with Crippen LogP contribution in [0.2, 0.25) is 0 Å². The van der Waals surface area contributed by atoms with E-state index in [1.807, 2.05) is 13.8 Å². The van der Waals surface area contributed by atoms with Crippen LogP contribution in [0, 0.1) is 0 Å². The molecule has 0 aliphatic carbocycles. The van der Waals surface area contributed by atoms with Gasteiger partial charge in [-0.25, -0.2) is 13.1 Å². The lowest BCUT2D eigenvalue weighted by Crippen LogP contribution is -2.46. The largest absolute Gasteiger partial charge is 0.311 e. The molecule has 1 aromatic rings. The van der Waals surface area contributed by atoms with Gasteiger partial charge in [0.25, 0.3) is 0 Å². The summed E-state index contributed by atoms with van der Waals surface area (Å²) >= 11 is 0. The topological polar surface area (TPSA) is 93.1 Å². The molecular weight excluding hydrogens is 280 g/mol. The molecule has 2 N–H and O–H groups in total. The van der Waals surface area contributed by atoms with Gasteiger partial charge in [-0.15, -0.1) is 0 Å². The first-order valence-electron chi connectivity index (χ1n) is 6.64. The lowest BCUT2D eigenvalue weighted by molar-refractivity contribution is -0.116. The zero-order chi connectivity index (χ0) is 14.8. The number of aromatic nitrogens is 2. The van der Waals surface area contributed by atoms with E-state index >= 15 is 0 Å². The SMILES string of the molecule is CC(C)n1nccc1NC(=O)CC1CS(=O)(=O)CCN1. The average Bonchev–Trinajstić information content (AvgIpc) is 2.75. The third kappa shape index (κ3) is 3.80. The lowest BCUT2D eigenvalue weighted by Gasteiger charge is -2.23. The molecule has 0 bridgehead atoms. The number of nitrogens with zero attached hydrogens (tertiary/aromatic N) is 2. The Morgan fingerprint density at radius 2 is 2.35 bits per heavy atom. The van der Waals surface area contributed by atoms with Gasteiger partial charge in [-0.3, -0.25) is 4.79 Å². The molecule has 1 unspecified atom stereocenters. The smallest absolute Gasteiger partial charge is 0.227 e. The highest BCUT2D eigenvalue weighted by atomic mass is 32.2. The normalized spacial score (nSPS) is 21.9. The molecule has 1 aliphatic heterocycles. The molecule has 1 fully saturated rings. The minimum Gasteiger partial charge on any atom is -0.311 e. The molecule has 0 radical (unpaired) electrons. The van der Waals surface area contributed by atoms with E-state index in [-0.39, 0.29) is 35.9 Å². The van der Waals surface area contributed by atoms with Gasteiger partial charge in [0.15, 0.2) is 9.84 Å². The molecule has 1 saturated heterocycles. The van der Waals surface area contributed by atoms with Gasteiger partial charge in [-0.2, -0.15) is 5.10 Å². The number of nitrogens with one attached hydrogen (secondary N) is 2. The van der Waals surface area contributed by atoms with Gasteiger partial charge in [0.2, 0.25) is 5.91 Å². The fraction of sp³-hybridized carbons (Fsp3) is 0.667. The molecule has 20 heavy (non-hydrogen) atoms. The second kappa shape index (κ2) is 5.92. The highest BCUT2D eigenvalue weighted by Gasteiger charge is 2.26. The molecule has 0 aromatic carbocycles. The third-order valence-corrected chi connectivity index (χ3v) is 4.90. The van der Waals surface area contributed by atoms with Gasteiger partial charge in [0.1, 0.15) is 5.82 Å². The summed E-state index contributed by atoms with van der Waals surface area (Å²) in [6, 6.07) is 1.56. The van der Waals surface area contributed by atoms with Crippen molar-refractivity contribution in [2.24, 2.45) is 0 Å². The standard InChI is InChI=1S/C12H20N4O3S/c1-9(2)16-11(3-4-14-16)15-12(17)7-10-8-20(18,19)6-5-13-10/h3-4,9-10,13H,5-8H2,1-2H3,(H,15,17). The number of carbonyl (C=O) groups excluding carboxylic acids is 1. The van der Waals surface area contributed by atoms with Crippen LogP contribution in [-0.2, 0) is 14.6 Å². The summed E-state index contributed by atoms with van der Waals surface area (Å²) in [5.41, 5.74) is 0. The molecule has 1 amide bonds. The van der Waals surface area contributed by atoms with E-state index < -0.39 is 9.84 Å². The van der Waals surface area contributed by atoms with Crippen LogP contribution in [0.15, 0.2) is 12.3 Å². The van der Waals surface area contributed by atoms with Crippen LogP contribution in [0.1, 0.15) is 26.3 Å². The zero-order valence-corrected chi connectivity index (χ0v) is 12.5. The Balaban J connectivity index is 1.94. The molecule has 8 heteroatoms. The van der Waals surface area contributed by atoms with Crippen LogP contribution < -0.4 is 10.6 Å². The van der Waals surface area contributed by atoms with Crippen LogP contribution in [0.5, 0.6) is 0 Å².